The van der Waals surface area contributed by atoms with Crippen LogP contribution in [0.2, 0.25) is 0 Å². The maximum atomic E-state index is 11.7. The zero-order valence-corrected chi connectivity index (χ0v) is 5.30. The van der Waals surface area contributed by atoms with Crippen LogP contribution in [0.15, 0.2) is 12.3 Å². The van der Waals surface area contributed by atoms with Crippen LogP contribution in [-0.4, -0.2) is 17.6 Å². The lowest BCUT2D eigenvalue weighted by molar-refractivity contribution is -0.313. The summed E-state index contributed by atoms with van der Waals surface area (Å²) in [7, 11) is 0. The highest BCUT2D eigenvalue weighted by Gasteiger charge is 2.48. The summed E-state index contributed by atoms with van der Waals surface area (Å²) in [6.07, 6.45) is -11.1. The topological polar surface area (TPSA) is 3.24 Å². The highest BCUT2D eigenvalue weighted by atomic mass is 19.4. The third-order valence-corrected chi connectivity index (χ3v) is 0.787. The van der Waals surface area contributed by atoms with Crippen LogP contribution in [0.1, 0.15) is 0 Å². The van der Waals surface area contributed by atoms with Crippen molar-refractivity contribution in [1.82, 2.24) is 5.12 Å². The van der Waals surface area contributed by atoms with Gasteiger partial charge in [-0.25, -0.2) is 0 Å². The van der Waals surface area contributed by atoms with E-state index in [1.165, 1.54) is 0 Å². The van der Waals surface area contributed by atoms with Gasteiger partial charge in [-0.15, -0.1) is 18.3 Å². The Morgan fingerprint density at radius 2 is 1.33 bits per heavy atom. The molecule has 0 amide bonds. The zero-order chi connectivity index (χ0) is 10.2. The summed E-state index contributed by atoms with van der Waals surface area (Å²) in [6, 6.07) is 0. The van der Waals surface area contributed by atoms with Crippen molar-refractivity contribution in [3.8, 4) is 0 Å². The van der Waals surface area contributed by atoms with Crippen LogP contribution in [0.5, 0.6) is 0 Å². The van der Waals surface area contributed by atoms with Crippen molar-refractivity contribution >= 4 is 0 Å². The molecule has 0 aliphatic heterocycles. The van der Waals surface area contributed by atoms with Gasteiger partial charge in [0.25, 0.3) is 0 Å². The highest BCUT2D eigenvalue weighted by molar-refractivity contribution is 4.99. The maximum Gasteiger partial charge on any atom is 0.512 e. The fourth-order valence-electron chi connectivity index (χ4n) is 0.264. The third-order valence-electron chi connectivity index (χ3n) is 0.787. The lowest BCUT2D eigenvalue weighted by atomic mass is 10.5. The number of allylic oxidation sites excluding steroid dienone is 1. The molecular weight excluding hydrogens is 195 g/mol. The second-order valence-electron chi connectivity index (χ2n) is 1.69. The molecule has 0 fully saturated rings. The van der Waals surface area contributed by atoms with Gasteiger partial charge in [0.05, 0.1) is 0 Å². The van der Waals surface area contributed by atoms with Crippen molar-refractivity contribution in [2.24, 2.45) is 0 Å². The van der Waals surface area contributed by atoms with E-state index in [2.05, 4.69) is 0 Å². The Morgan fingerprint density at radius 1 is 1.00 bits per heavy atom. The predicted molar refractivity (Wildman–Crippen MR) is 24.2 cm³/mol. The summed E-state index contributed by atoms with van der Waals surface area (Å²) in [5.74, 6) is 0. The number of rotatable bonds is 1. The van der Waals surface area contributed by atoms with Crippen molar-refractivity contribution < 1.29 is 30.8 Å². The molecule has 72 valence electrons. The minimum atomic E-state index is -5.72. The van der Waals surface area contributed by atoms with Gasteiger partial charge >= 0.3 is 12.5 Å². The molecule has 0 atom stereocenters. The van der Waals surface area contributed by atoms with Gasteiger partial charge in [-0.1, -0.05) is 11.1 Å². The van der Waals surface area contributed by atoms with Gasteiger partial charge in [-0.05, 0) is 0 Å². The Balaban J connectivity index is 4.53. The zero-order valence-electron chi connectivity index (χ0n) is 5.30. The molecule has 0 aliphatic carbocycles. The van der Waals surface area contributed by atoms with Gasteiger partial charge in [-0.2, -0.15) is 13.2 Å². The van der Waals surface area contributed by atoms with E-state index in [0.29, 0.717) is 0 Å². The third kappa shape index (κ3) is 2.59. The van der Waals surface area contributed by atoms with E-state index in [1.54, 1.807) is 0 Å². The fourth-order valence-corrected chi connectivity index (χ4v) is 0.264. The molecule has 0 aromatic heterocycles. The first kappa shape index (κ1) is 11.0. The molecule has 0 bridgehead atoms. The maximum absolute atomic E-state index is 11.7. The summed E-state index contributed by atoms with van der Waals surface area (Å²) in [5, 5.41) is -2.38. The Morgan fingerprint density at radius 3 is 1.42 bits per heavy atom. The molecule has 0 saturated heterocycles. The molecular formula is C4H2F7N. The number of alkyl halides is 6. The van der Waals surface area contributed by atoms with Crippen LogP contribution in [0, 0.1) is 0 Å². The van der Waals surface area contributed by atoms with Crippen LogP contribution < -0.4 is 0 Å². The van der Waals surface area contributed by atoms with Crippen molar-refractivity contribution in [2.45, 2.75) is 12.5 Å². The summed E-state index contributed by atoms with van der Waals surface area (Å²) in [4.78, 5) is 0. The second-order valence-corrected chi connectivity index (χ2v) is 1.69. The quantitative estimate of drug-likeness (QED) is 0.355. The molecule has 1 nitrogen and oxygen atoms in total. The summed E-state index contributed by atoms with van der Waals surface area (Å²) < 4.78 is 79.4. The summed E-state index contributed by atoms with van der Waals surface area (Å²) in [5.41, 5.74) is -2.60. The van der Waals surface area contributed by atoms with Gasteiger partial charge in [0.2, 0.25) is 0 Å². The van der Waals surface area contributed by atoms with Crippen molar-refractivity contribution in [3.63, 3.8) is 0 Å². The smallest absolute Gasteiger partial charge is 0.165 e. The Kier molecular flexibility index (Phi) is 2.61. The largest absolute Gasteiger partial charge is 0.512 e. The first-order valence-corrected chi connectivity index (χ1v) is 2.35. The van der Waals surface area contributed by atoms with Crippen LogP contribution in [0.25, 0.3) is 0 Å². The van der Waals surface area contributed by atoms with E-state index >= 15 is 0 Å². The molecule has 0 saturated carbocycles. The van der Waals surface area contributed by atoms with E-state index in [-0.39, 0.29) is 0 Å². The van der Waals surface area contributed by atoms with Gasteiger partial charge in [0.15, 0.2) is 5.70 Å². The van der Waals surface area contributed by atoms with Crippen molar-refractivity contribution in [3.05, 3.63) is 12.3 Å². The molecule has 8 heteroatoms. The standard InChI is InChI=1S/C4H2F7N/c1-2(3(5,6)7)12(11)4(8,9)10/h1H2. The average Bonchev–Trinajstić information content (AvgIpc) is 1.80. The van der Waals surface area contributed by atoms with E-state index in [0.717, 1.165) is 0 Å². The number of nitrogens with zero attached hydrogens (tertiary/aromatic N) is 1. The van der Waals surface area contributed by atoms with Crippen LogP contribution >= 0.6 is 0 Å². The van der Waals surface area contributed by atoms with E-state index < -0.39 is 23.3 Å². The SMILES string of the molecule is C=C(N(F)C(F)(F)F)C(F)(F)F. The minimum absolute atomic E-state index is 1.90. The molecule has 0 aromatic rings. The van der Waals surface area contributed by atoms with E-state index in [1.807, 2.05) is 6.58 Å². The van der Waals surface area contributed by atoms with Crippen molar-refractivity contribution in [2.75, 3.05) is 0 Å². The molecule has 0 rings (SSSR count). The van der Waals surface area contributed by atoms with Gasteiger partial charge in [-0.3, -0.25) is 0 Å². The van der Waals surface area contributed by atoms with Gasteiger partial charge in [0.1, 0.15) is 0 Å². The Bertz CT molecular complexity index is 177. The Labute approximate surface area is 62.0 Å². The first-order valence-electron chi connectivity index (χ1n) is 2.35. The first-order chi connectivity index (χ1) is 5.07. The lowest BCUT2D eigenvalue weighted by Crippen LogP contribution is -2.35. The van der Waals surface area contributed by atoms with Crippen LogP contribution in [0.3, 0.4) is 0 Å². The predicted octanol–water partition coefficient (Wildman–Crippen LogP) is 2.77. The van der Waals surface area contributed by atoms with Crippen LogP contribution in [0.4, 0.5) is 30.8 Å². The highest BCUT2D eigenvalue weighted by Crippen LogP contribution is 2.34. The van der Waals surface area contributed by atoms with Crippen LogP contribution in [-0.2, 0) is 0 Å². The Hall–Kier alpha value is -0.950. The normalized spacial score (nSPS) is 12.9. The van der Waals surface area contributed by atoms with E-state index in [4.69, 9.17) is 0 Å². The summed E-state index contributed by atoms with van der Waals surface area (Å²) in [6.45, 7) is 1.90. The molecule has 0 spiro atoms. The molecule has 12 heavy (non-hydrogen) atoms. The second kappa shape index (κ2) is 2.83. The monoisotopic (exact) mass is 197 g/mol. The number of hydrogen-bond acceptors (Lipinski definition) is 1. The molecule has 0 N–H and O–H groups in total. The molecule has 0 aromatic carbocycles. The minimum Gasteiger partial charge on any atom is -0.165 e. The molecule has 0 unspecified atom stereocenters. The molecule has 0 radical (unpaired) electrons. The number of hydrogen-bond donors (Lipinski definition) is 0. The number of halogens is 7. The molecule has 0 heterocycles. The summed E-state index contributed by atoms with van der Waals surface area (Å²) >= 11 is 0. The van der Waals surface area contributed by atoms with Gasteiger partial charge in [0, 0.05) is 0 Å². The molecule has 0 aliphatic rings. The fraction of sp³-hybridized carbons (Fsp3) is 0.500. The van der Waals surface area contributed by atoms with Gasteiger partial charge < -0.3 is 0 Å². The average molecular weight is 197 g/mol. The van der Waals surface area contributed by atoms with E-state index in [9.17, 15) is 30.8 Å². The van der Waals surface area contributed by atoms with Crippen molar-refractivity contribution in [1.29, 1.82) is 0 Å². The lowest BCUT2D eigenvalue weighted by Gasteiger charge is -2.19.